The monoisotopic (exact) mass is 365 g/mol. The SMILES string of the molecule is O=C(CS/C(=C/c1ccc(F)cc1)C(=O)O)Nc1ccc(Cl)cc1. The minimum absolute atomic E-state index is 0.00661. The number of hydrogen-bond acceptors (Lipinski definition) is 3. The van der Waals surface area contributed by atoms with Gasteiger partial charge in [-0.05, 0) is 48.0 Å². The molecule has 0 heterocycles. The molecule has 0 spiro atoms. The van der Waals surface area contributed by atoms with Crippen LogP contribution in [-0.2, 0) is 9.59 Å². The molecule has 7 heteroatoms. The molecule has 24 heavy (non-hydrogen) atoms. The molecule has 0 saturated heterocycles. The number of thioether (sulfide) groups is 1. The summed E-state index contributed by atoms with van der Waals surface area (Å²) in [6.45, 7) is 0. The van der Waals surface area contributed by atoms with E-state index < -0.39 is 11.8 Å². The van der Waals surface area contributed by atoms with Gasteiger partial charge in [0.2, 0.25) is 5.91 Å². The van der Waals surface area contributed by atoms with Crippen LogP contribution >= 0.6 is 23.4 Å². The number of carbonyl (C=O) groups excluding carboxylic acids is 1. The summed E-state index contributed by atoms with van der Waals surface area (Å²) >= 11 is 6.65. The number of anilines is 1. The second-order valence-corrected chi connectivity index (χ2v) is 6.16. The van der Waals surface area contributed by atoms with Crippen molar-refractivity contribution in [3.8, 4) is 0 Å². The van der Waals surface area contributed by atoms with Gasteiger partial charge in [-0.15, -0.1) is 11.8 Å². The Bertz CT molecular complexity index is 760. The molecule has 0 aliphatic heterocycles. The van der Waals surface area contributed by atoms with Crippen LogP contribution in [0.2, 0.25) is 5.02 Å². The van der Waals surface area contributed by atoms with Crippen LogP contribution in [0.3, 0.4) is 0 Å². The molecule has 0 aromatic heterocycles. The first-order valence-electron chi connectivity index (χ1n) is 6.83. The van der Waals surface area contributed by atoms with Crippen molar-refractivity contribution >= 4 is 47.0 Å². The van der Waals surface area contributed by atoms with Crippen LogP contribution in [0.25, 0.3) is 6.08 Å². The maximum absolute atomic E-state index is 12.9. The molecular formula is C17H13ClFNO3S. The average Bonchev–Trinajstić information content (AvgIpc) is 2.55. The fraction of sp³-hybridized carbons (Fsp3) is 0.0588. The Morgan fingerprint density at radius 1 is 1.12 bits per heavy atom. The summed E-state index contributed by atoms with van der Waals surface area (Å²) in [5, 5.41) is 12.4. The van der Waals surface area contributed by atoms with Gasteiger partial charge in [-0.25, -0.2) is 9.18 Å². The van der Waals surface area contributed by atoms with Crippen LogP contribution in [0.4, 0.5) is 10.1 Å². The maximum Gasteiger partial charge on any atom is 0.342 e. The van der Waals surface area contributed by atoms with Crippen molar-refractivity contribution in [2.45, 2.75) is 0 Å². The zero-order valence-electron chi connectivity index (χ0n) is 12.3. The minimum atomic E-state index is -1.15. The van der Waals surface area contributed by atoms with Crippen LogP contribution in [0.1, 0.15) is 5.56 Å². The van der Waals surface area contributed by atoms with E-state index in [1.807, 2.05) is 0 Å². The summed E-state index contributed by atoms with van der Waals surface area (Å²) in [5.41, 5.74) is 1.11. The molecule has 0 radical (unpaired) electrons. The van der Waals surface area contributed by atoms with Gasteiger partial charge in [-0.3, -0.25) is 4.79 Å². The number of benzene rings is 2. The number of nitrogens with one attached hydrogen (secondary N) is 1. The van der Waals surface area contributed by atoms with E-state index in [1.165, 1.54) is 30.3 Å². The standard InChI is InChI=1S/C17H13ClFNO3S/c18-12-3-7-14(8-4-12)20-16(21)10-24-15(17(22)23)9-11-1-5-13(19)6-2-11/h1-9H,10H2,(H,20,21)(H,22,23)/b15-9+. The van der Waals surface area contributed by atoms with Gasteiger partial charge >= 0.3 is 5.97 Å². The Morgan fingerprint density at radius 2 is 1.75 bits per heavy atom. The molecule has 0 atom stereocenters. The van der Waals surface area contributed by atoms with E-state index in [0.29, 0.717) is 16.3 Å². The van der Waals surface area contributed by atoms with Gasteiger partial charge in [0, 0.05) is 10.7 Å². The van der Waals surface area contributed by atoms with E-state index in [2.05, 4.69) is 5.32 Å². The van der Waals surface area contributed by atoms with Crippen molar-refractivity contribution in [2.75, 3.05) is 11.1 Å². The molecule has 2 aromatic rings. The molecule has 0 unspecified atom stereocenters. The summed E-state index contributed by atoms with van der Waals surface area (Å²) < 4.78 is 12.9. The minimum Gasteiger partial charge on any atom is -0.477 e. The van der Waals surface area contributed by atoms with Crippen LogP contribution in [0.15, 0.2) is 53.4 Å². The quantitative estimate of drug-likeness (QED) is 0.750. The third-order valence-corrected chi connectivity index (χ3v) is 4.13. The van der Waals surface area contributed by atoms with Gasteiger partial charge in [0.05, 0.1) is 10.7 Å². The summed E-state index contributed by atoms with van der Waals surface area (Å²) in [7, 11) is 0. The summed E-state index contributed by atoms with van der Waals surface area (Å²) in [6.07, 6.45) is 1.39. The van der Waals surface area contributed by atoms with Crippen molar-refractivity contribution < 1.29 is 19.1 Å². The summed E-state index contributed by atoms with van der Waals surface area (Å²) in [6, 6.07) is 12.0. The molecule has 1 amide bonds. The van der Waals surface area contributed by atoms with Gasteiger partial charge in [0.1, 0.15) is 5.82 Å². The average molecular weight is 366 g/mol. The maximum atomic E-state index is 12.9. The lowest BCUT2D eigenvalue weighted by Gasteiger charge is -2.06. The second kappa shape index (κ2) is 8.52. The Labute approximate surface area is 147 Å². The number of aliphatic carboxylic acids is 1. The highest BCUT2D eigenvalue weighted by molar-refractivity contribution is 8.04. The molecule has 0 aliphatic carbocycles. The third-order valence-electron chi connectivity index (χ3n) is 2.87. The molecule has 2 aromatic carbocycles. The van der Waals surface area contributed by atoms with E-state index in [0.717, 1.165) is 11.8 Å². The number of hydrogen-bond donors (Lipinski definition) is 2. The number of carboxylic acids is 1. The Balaban J connectivity index is 1.98. The lowest BCUT2D eigenvalue weighted by molar-refractivity contribution is -0.131. The zero-order chi connectivity index (χ0) is 17.5. The highest BCUT2D eigenvalue weighted by Gasteiger charge is 2.11. The lowest BCUT2D eigenvalue weighted by atomic mass is 10.2. The first-order valence-corrected chi connectivity index (χ1v) is 8.19. The highest BCUT2D eigenvalue weighted by Crippen LogP contribution is 2.21. The number of halogens is 2. The second-order valence-electron chi connectivity index (χ2n) is 4.71. The Hall–Kier alpha value is -2.31. The molecule has 0 fully saturated rings. The first-order chi connectivity index (χ1) is 11.4. The van der Waals surface area contributed by atoms with Crippen molar-refractivity contribution in [3.63, 3.8) is 0 Å². The highest BCUT2D eigenvalue weighted by atomic mass is 35.5. The largest absolute Gasteiger partial charge is 0.477 e. The lowest BCUT2D eigenvalue weighted by Crippen LogP contribution is -2.14. The van der Waals surface area contributed by atoms with E-state index in [-0.39, 0.29) is 16.6 Å². The van der Waals surface area contributed by atoms with Gasteiger partial charge in [0.25, 0.3) is 0 Å². The predicted molar refractivity (Wildman–Crippen MR) is 94.6 cm³/mol. The van der Waals surface area contributed by atoms with Crippen LogP contribution < -0.4 is 5.32 Å². The van der Waals surface area contributed by atoms with E-state index in [4.69, 9.17) is 11.6 Å². The van der Waals surface area contributed by atoms with Gasteiger partial charge in [-0.2, -0.15) is 0 Å². The number of rotatable bonds is 6. The Kier molecular flexibility index (Phi) is 6.40. The van der Waals surface area contributed by atoms with Crippen molar-refractivity contribution in [2.24, 2.45) is 0 Å². The third kappa shape index (κ3) is 5.72. The first kappa shape index (κ1) is 18.0. The molecule has 2 N–H and O–H groups in total. The van der Waals surface area contributed by atoms with Crippen LogP contribution in [-0.4, -0.2) is 22.7 Å². The number of carbonyl (C=O) groups is 2. The zero-order valence-corrected chi connectivity index (χ0v) is 13.9. The molecule has 4 nitrogen and oxygen atoms in total. The summed E-state index contributed by atoms with van der Waals surface area (Å²) in [4.78, 5) is 23.1. The fourth-order valence-corrected chi connectivity index (χ4v) is 2.58. The van der Waals surface area contributed by atoms with Crippen LogP contribution in [0, 0.1) is 5.82 Å². The molecule has 0 aliphatic rings. The molecule has 0 saturated carbocycles. The van der Waals surface area contributed by atoms with Gasteiger partial charge in [0.15, 0.2) is 0 Å². The predicted octanol–water partition coefficient (Wildman–Crippen LogP) is 4.28. The van der Waals surface area contributed by atoms with E-state index in [1.54, 1.807) is 24.3 Å². The smallest absolute Gasteiger partial charge is 0.342 e. The summed E-state index contributed by atoms with van der Waals surface area (Å²) in [5.74, 6) is -1.96. The molecular weight excluding hydrogens is 353 g/mol. The molecule has 2 rings (SSSR count). The van der Waals surface area contributed by atoms with Crippen LogP contribution in [0.5, 0.6) is 0 Å². The molecule has 124 valence electrons. The van der Waals surface area contributed by atoms with E-state index in [9.17, 15) is 19.1 Å². The van der Waals surface area contributed by atoms with Crippen molar-refractivity contribution in [1.82, 2.24) is 0 Å². The van der Waals surface area contributed by atoms with Gasteiger partial charge in [-0.1, -0.05) is 23.7 Å². The van der Waals surface area contributed by atoms with Crippen molar-refractivity contribution in [3.05, 3.63) is 69.8 Å². The topological polar surface area (TPSA) is 66.4 Å². The number of carboxylic acid groups (broad SMARTS) is 1. The molecule has 0 bridgehead atoms. The Morgan fingerprint density at radius 3 is 2.33 bits per heavy atom. The fourth-order valence-electron chi connectivity index (χ4n) is 1.75. The van der Waals surface area contributed by atoms with E-state index >= 15 is 0 Å². The normalized spacial score (nSPS) is 11.2. The van der Waals surface area contributed by atoms with Crippen molar-refractivity contribution in [1.29, 1.82) is 0 Å². The number of amides is 1. The van der Waals surface area contributed by atoms with Gasteiger partial charge < -0.3 is 10.4 Å².